The molecule has 3 fully saturated rings. The van der Waals surface area contributed by atoms with E-state index in [1.807, 2.05) is 0 Å². The molecule has 214 valence electrons. The molecule has 3 saturated carbocycles. The third kappa shape index (κ3) is 3.59. The van der Waals surface area contributed by atoms with Gasteiger partial charge in [0, 0.05) is 17.2 Å². The summed E-state index contributed by atoms with van der Waals surface area (Å²) >= 11 is 0. The molecule has 0 aromatic heterocycles. The first-order valence-corrected chi connectivity index (χ1v) is 16.0. The Morgan fingerprint density at radius 2 is 1.75 bits per heavy atom. The van der Waals surface area contributed by atoms with Gasteiger partial charge in [0.05, 0.1) is 28.9 Å². The summed E-state index contributed by atoms with van der Waals surface area (Å²) in [6.45, 7) is 9.01. The van der Waals surface area contributed by atoms with Crippen molar-refractivity contribution in [1.29, 1.82) is 0 Å². The Bertz CT molecular complexity index is 1520. The summed E-state index contributed by atoms with van der Waals surface area (Å²) in [5.41, 5.74) is -1.09. The number of hydrogen-bond donors (Lipinski definition) is 0. The number of amides is 2. The van der Waals surface area contributed by atoms with Crippen LogP contribution in [0.4, 0.5) is 0 Å². The lowest BCUT2D eigenvalue weighted by atomic mass is 9.55. The van der Waals surface area contributed by atoms with Crippen LogP contribution < -0.4 is 4.74 Å². The van der Waals surface area contributed by atoms with E-state index < -0.39 is 33.1 Å². The number of carbonyl (C=O) groups is 3. The van der Waals surface area contributed by atoms with Gasteiger partial charge in [-0.05, 0) is 60.1 Å². The van der Waals surface area contributed by atoms with Gasteiger partial charge in [-0.15, -0.1) is 9.35 Å². The van der Waals surface area contributed by atoms with Gasteiger partial charge in [-0.2, -0.15) is 8.42 Å². The smallest absolute Gasteiger partial charge is 0.289 e. The number of rotatable bonds is 11. The van der Waals surface area contributed by atoms with Crippen LogP contribution in [0, 0.1) is 28.1 Å². The monoisotopic (exact) mass is 567 g/mol. The van der Waals surface area contributed by atoms with Crippen LogP contribution in [0.25, 0.3) is 10.8 Å². The maximum Gasteiger partial charge on any atom is 0.289 e. The van der Waals surface area contributed by atoms with Crippen LogP contribution in [0.2, 0.25) is 0 Å². The number of ether oxygens (including phenoxy) is 1. The van der Waals surface area contributed by atoms with Gasteiger partial charge >= 0.3 is 0 Å². The van der Waals surface area contributed by atoms with E-state index in [0.717, 1.165) is 32.1 Å². The lowest BCUT2D eigenvalue weighted by Crippen LogP contribution is -2.54. The Morgan fingerprint density at radius 1 is 1.02 bits per heavy atom. The number of unbranched alkanes of at least 4 members (excludes halogenated alkanes) is 1. The predicted octanol–water partition coefficient (Wildman–Crippen LogP) is 5.69. The van der Waals surface area contributed by atoms with Crippen molar-refractivity contribution in [3.8, 4) is 5.75 Å². The van der Waals surface area contributed by atoms with Crippen LogP contribution in [-0.4, -0.2) is 43.4 Å². The zero-order valence-electron chi connectivity index (χ0n) is 23.6. The highest BCUT2D eigenvalue weighted by Crippen LogP contribution is 2.89. The summed E-state index contributed by atoms with van der Waals surface area (Å²) in [6.07, 6.45) is 5.98. The molecule has 2 amide bonds. The third-order valence-corrected chi connectivity index (χ3v) is 11.9. The maximum atomic E-state index is 13.5. The molecule has 6 rings (SSSR count). The van der Waals surface area contributed by atoms with Gasteiger partial charge in [-0.25, -0.2) is 0 Å². The molecule has 0 radical (unpaired) electrons. The highest BCUT2D eigenvalue weighted by molar-refractivity contribution is 7.86. The van der Waals surface area contributed by atoms with E-state index in [-0.39, 0.29) is 33.7 Å². The lowest BCUT2D eigenvalue weighted by molar-refractivity contribution is -0.137. The quantitative estimate of drug-likeness (QED) is 0.321. The first-order chi connectivity index (χ1) is 18.9. The molecule has 40 heavy (non-hydrogen) atoms. The van der Waals surface area contributed by atoms with Crippen molar-refractivity contribution in [3.05, 3.63) is 41.5 Å². The average molecular weight is 568 g/mol. The Hall–Kier alpha value is -2.78. The van der Waals surface area contributed by atoms with Crippen molar-refractivity contribution >= 4 is 38.5 Å². The molecule has 9 heteroatoms. The predicted molar refractivity (Wildman–Crippen MR) is 149 cm³/mol. The summed E-state index contributed by atoms with van der Waals surface area (Å²) < 4.78 is 38.2. The molecule has 2 aromatic carbocycles. The van der Waals surface area contributed by atoms with E-state index in [1.54, 1.807) is 30.3 Å². The van der Waals surface area contributed by atoms with Crippen LogP contribution in [-0.2, 0) is 19.2 Å². The second kappa shape index (κ2) is 9.11. The minimum absolute atomic E-state index is 0.0470. The van der Waals surface area contributed by atoms with Crippen molar-refractivity contribution in [2.24, 2.45) is 28.1 Å². The normalized spacial score (nSPS) is 28.8. The van der Waals surface area contributed by atoms with Crippen molar-refractivity contribution in [2.45, 2.75) is 72.6 Å². The number of imide groups is 1. The van der Waals surface area contributed by atoms with Gasteiger partial charge in [-0.1, -0.05) is 59.1 Å². The van der Waals surface area contributed by atoms with Gasteiger partial charge in [0.15, 0.2) is 0 Å². The second-order valence-corrected chi connectivity index (χ2v) is 14.3. The van der Waals surface area contributed by atoms with Gasteiger partial charge in [0.2, 0.25) is 0 Å². The molecule has 0 bridgehead atoms. The third-order valence-electron chi connectivity index (χ3n) is 10.7. The second-order valence-electron chi connectivity index (χ2n) is 12.7. The fourth-order valence-electron chi connectivity index (χ4n) is 8.38. The number of hydrogen-bond acceptors (Lipinski definition) is 7. The van der Waals surface area contributed by atoms with Crippen LogP contribution >= 0.6 is 0 Å². The van der Waals surface area contributed by atoms with E-state index in [1.165, 1.54) is 0 Å². The molecule has 2 aromatic rings. The van der Waals surface area contributed by atoms with E-state index in [0.29, 0.717) is 47.0 Å². The van der Waals surface area contributed by atoms with Crippen molar-refractivity contribution in [3.63, 3.8) is 0 Å². The minimum atomic E-state index is -4.43. The molecule has 4 unspecified atom stereocenters. The highest BCUT2D eigenvalue weighted by Gasteiger charge is 2.88. The fourth-order valence-corrected chi connectivity index (χ4v) is 9.96. The first-order valence-electron chi connectivity index (χ1n) is 14.5. The van der Waals surface area contributed by atoms with Crippen LogP contribution in [0.5, 0.6) is 5.75 Å². The largest absolute Gasteiger partial charge is 0.493 e. The van der Waals surface area contributed by atoms with Crippen molar-refractivity contribution in [2.75, 3.05) is 12.4 Å². The molecule has 3 aliphatic carbocycles. The van der Waals surface area contributed by atoms with E-state index in [2.05, 4.69) is 27.7 Å². The Kier molecular flexibility index (Phi) is 6.24. The summed E-state index contributed by atoms with van der Waals surface area (Å²) in [7, 11) is -4.43. The van der Waals surface area contributed by atoms with E-state index >= 15 is 0 Å². The highest BCUT2D eigenvalue weighted by atomic mass is 32.2. The maximum absolute atomic E-state index is 13.5. The van der Waals surface area contributed by atoms with Crippen LogP contribution in [0.3, 0.4) is 0 Å². The van der Waals surface area contributed by atoms with Crippen LogP contribution in [0.15, 0.2) is 30.3 Å². The number of nitrogens with zero attached hydrogens (tertiary/aromatic N) is 1. The minimum Gasteiger partial charge on any atom is -0.493 e. The number of benzene rings is 2. The molecule has 8 nitrogen and oxygen atoms in total. The van der Waals surface area contributed by atoms with Gasteiger partial charge in [0.25, 0.3) is 21.9 Å². The Balaban J connectivity index is 1.25. The van der Waals surface area contributed by atoms with Gasteiger partial charge in [-0.3, -0.25) is 14.4 Å². The topological polar surface area (TPSA) is 107 Å². The average Bonchev–Trinajstić information content (AvgIpc) is 3.37. The fraction of sp³-hybridized carbons (Fsp3) is 0.581. The van der Waals surface area contributed by atoms with E-state index in [9.17, 15) is 22.8 Å². The summed E-state index contributed by atoms with van der Waals surface area (Å²) in [6, 6.07) is 8.29. The number of Topliss-reactive ketones (excluding diaryl/α,β-unsaturated/α-hetero) is 1. The Morgan fingerprint density at radius 3 is 2.40 bits per heavy atom. The Labute approximate surface area is 235 Å². The van der Waals surface area contributed by atoms with Crippen molar-refractivity contribution in [1.82, 2.24) is 5.06 Å². The first kappa shape index (κ1) is 27.4. The molecule has 4 atom stereocenters. The molecular formula is C31H37NO7S. The SMILES string of the molecule is CCCCC(CC)COc1ccc2c3c(cccc13)C(=O)N(OS(=O)(=O)CC13CCC14C(CC3=O)C4(C)C)C2=O. The van der Waals surface area contributed by atoms with E-state index in [4.69, 9.17) is 9.02 Å². The zero-order chi connectivity index (χ0) is 28.7. The van der Waals surface area contributed by atoms with Gasteiger partial charge in [0.1, 0.15) is 11.5 Å². The molecular weight excluding hydrogens is 530 g/mol. The van der Waals surface area contributed by atoms with Crippen molar-refractivity contribution < 1.29 is 31.8 Å². The zero-order valence-corrected chi connectivity index (χ0v) is 24.4. The summed E-state index contributed by atoms with van der Waals surface area (Å²) in [5.74, 6) is -1.10. The summed E-state index contributed by atoms with van der Waals surface area (Å²) in [4.78, 5) is 39.9. The number of carbonyl (C=O) groups excluding carboxylic acids is 3. The number of ketones is 1. The molecule has 0 N–H and O–H groups in total. The van der Waals surface area contributed by atoms with Crippen LogP contribution in [0.1, 0.15) is 93.4 Å². The molecule has 1 heterocycles. The molecule has 1 spiro atoms. The molecule has 1 aliphatic heterocycles. The number of hydroxylamine groups is 2. The lowest BCUT2D eigenvalue weighted by Gasteiger charge is -2.49. The molecule has 4 aliphatic rings. The standard InChI is InChI=1S/C31H37NO7S/c1-5-7-9-19(6-2)17-38-23-13-12-22-26-20(23)10-8-11-21(26)27(34)32(28(22)35)39-40(36,37)18-30-14-15-31(30)24(16-25(30)33)29(31,3)4/h8,10-13,19,24H,5-7,9,14-18H2,1-4H3. The van der Waals surface area contributed by atoms with Gasteiger partial charge < -0.3 is 4.74 Å². The summed E-state index contributed by atoms with van der Waals surface area (Å²) in [5, 5.41) is 1.40. The molecule has 0 saturated heterocycles.